The van der Waals surface area contributed by atoms with E-state index in [0.29, 0.717) is 6.04 Å². The van der Waals surface area contributed by atoms with Gasteiger partial charge in [0.2, 0.25) is 0 Å². The molecule has 2 aliphatic heterocycles. The van der Waals surface area contributed by atoms with Gasteiger partial charge in [0.05, 0.1) is 18.1 Å². The van der Waals surface area contributed by atoms with Crippen molar-refractivity contribution < 1.29 is 46.1 Å². The Morgan fingerprint density at radius 1 is 0.972 bits per heavy atom. The van der Waals surface area contributed by atoms with Crippen LogP contribution in [0.2, 0.25) is 0 Å². The van der Waals surface area contributed by atoms with E-state index in [-0.39, 0.29) is 0 Å². The van der Waals surface area contributed by atoms with Gasteiger partial charge in [-0.25, -0.2) is 14.6 Å². The van der Waals surface area contributed by atoms with Crippen LogP contribution in [0, 0.1) is 5.92 Å². The molecule has 0 radical (unpaired) electrons. The van der Waals surface area contributed by atoms with E-state index in [0.717, 1.165) is 48.1 Å². The van der Waals surface area contributed by atoms with Gasteiger partial charge in [-0.3, -0.25) is 4.98 Å². The number of nitrogens with one attached hydrogen (secondary N) is 2. The largest absolute Gasteiger partial charge is 0.490 e. The van der Waals surface area contributed by atoms with Gasteiger partial charge in [-0.2, -0.15) is 26.3 Å². The molecule has 0 unspecified atom stereocenters. The maximum absolute atomic E-state index is 10.6. The molecule has 2 saturated heterocycles. The van der Waals surface area contributed by atoms with Crippen LogP contribution in [0.15, 0.2) is 42.9 Å². The number of benzene rings is 1. The van der Waals surface area contributed by atoms with Crippen molar-refractivity contribution >= 4 is 28.7 Å². The molecule has 0 bridgehead atoms. The average Bonchev–Trinajstić information content (AvgIpc) is 3.39. The minimum Gasteiger partial charge on any atom is -0.475 e. The van der Waals surface area contributed by atoms with Crippen molar-refractivity contribution in [1.82, 2.24) is 20.3 Å². The normalized spacial score (nSPS) is 18.8. The molecule has 9 nitrogen and oxygen atoms in total. The number of aromatic amines is 1. The molecule has 4 heterocycles. The Morgan fingerprint density at radius 2 is 1.61 bits per heavy atom. The van der Waals surface area contributed by atoms with Crippen LogP contribution in [0.5, 0.6) is 0 Å². The molecule has 5 rings (SSSR count). The molecule has 2 atom stereocenters. The Bertz CT molecular complexity index is 1210. The van der Waals surface area contributed by atoms with E-state index in [1.807, 2.05) is 18.6 Å². The number of rotatable bonds is 2. The third kappa shape index (κ3) is 6.41. The lowest BCUT2D eigenvalue weighted by Gasteiger charge is -2.44. The third-order valence-corrected chi connectivity index (χ3v) is 5.39. The number of fused-ring (bicyclic) bond motifs is 2. The lowest BCUT2D eigenvalue weighted by atomic mass is 9.92. The highest BCUT2D eigenvalue weighted by Crippen LogP contribution is 2.33. The molecule has 1 aromatic carbocycles. The number of hydrogen-bond donors (Lipinski definition) is 4. The molecular weight excluding hydrogens is 500 g/mol. The summed E-state index contributed by atoms with van der Waals surface area (Å²) in [4.78, 5) is 32.6. The molecular formula is C21H19F6N5O4. The Hall–Kier alpha value is -3.88. The van der Waals surface area contributed by atoms with Gasteiger partial charge in [0, 0.05) is 54.3 Å². The molecule has 15 heteroatoms. The molecule has 2 fully saturated rings. The fourth-order valence-electron chi connectivity index (χ4n) is 3.63. The van der Waals surface area contributed by atoms with Crippen LogP contribution in [-0.4, -0.2) is 75.1 Å². The molecule has 2 aliphatic rings. The Morgan fingerprint density at radius 3 is 2.19 bits per heavy atom. The van der Waals surface area contributed by atoms with Crippen LogP contribution in [0.4, 0.5) is 32.2 Å². The summed E-state index contributed by atoms with van der Waals surface area (Å²) in [5.74, 6) is -3.74. The van der Waals surface area contributed by atoms with Crippen molar-refractivity contribution in [2.75, 3.05) is 24.5 Å². The quantitative estimate of drug-likeness (QED) is 0.380. The summed E-state index contributed by atoms with van der Waals surface area (Å²) in [6.07, 6.45) is -4.47. The molecule has 0 saturated carbocycles. The molecule has 0 aliphatic carbocycles. The van der Waals surface area contributed by atoms with Crippen LogP contribution < -0.4 is 10.2 Å². The summed E-state index contributed by atoms with van der Waals surface area (Å²) in [6.45, 7) is 3.29. The zero-order valence-corrected chi connectivity index (χ0v) is 18.1. The average molecular weight is 519 g/mol. The van der Waals surface area contributed by atoms with Gasteiger partial charge in [-0.15, -0.1) is 0 Å². The van der Waals surface area contributed by atoms with Gasteiger partial charge in [0.1, 0.15) is 5.82 Å². The topological polar surface area (TPSA) is 131 Å². The number of hydrogen-bond acceptors (Lipinski definition) is 6. The van der Waals surface area contributed by atoms with Crippen molar-refractivity contribution in [2.24, 2.45) is 5.92 Å². The first-order valence-electron chi connectivity index (χ1n) is 10.2. The van der Waals surface area contributed by atoms with Gasteiger partial charge in [0.15, 0.2) is 0 Å². The zero-order valence-electron chi connectivity index (χ0n) is 18.1. The summed E-state index contributed by atoms with van der Waals surface area (Å²) < 4.78 is 63.5. The van der Waals surface area contributed by atoms with E-state index < -0.39 is 24.3 Å². The highest BCUT2D eigenvalue weighted by molar-refractivity contribution is 5.84. The fraction of sp³-hybridized carbons (Fsp3) is 0.333. The second-order valence-electron chi connectivity index (χ2n) is 7.79. The number of alkyl halides is 6. The third-order valence-electron chi connectivity index (χ3n) is 5.39. The predicted octanol–water partition coefficient (Wildman–Crippen LogP) is 3.30. The van der Waals surface area contributed by atoms with Gasteiger partial charge < -0.3 is 25.4 Å². The highest BCUT2D eigenvalue weighted by Gasteiger charge is 2.43. The number of anilines is 1. The number of carbonyl (C=O) groups is 2. The van der Waals surface area contributed by atoms with Gasteiger partial charge >= 0.3 is 24.3 Å². The van der Waals surface area contributed by atoms with E-state index in [1.165, 1.54) is 5.39 Å². The maximum Gasteiger partial charge on any atom is 0.490 e. The second-order valence-corrected chi connectivity index (χ2v) is 7.79. The van der Waals surface area contributed by atoms with E-state index >= 15 is 0 Å². The summed E-state index contributed by atoms with van der Waals surface area (Å²) >= 11 is 0. The van der Waals surface area contributed by atoms with Gasteiger partial charge in [-0.1, -0.05) is 6.07 Å². The molecule has 3 aromatic rings. The molecule has 2 aromatic heterocycles. The van der Waals surface area contributed by atoms with Crippen LogP contribution in [-0.2, 0) is 9.59 Å². The van der Waals surface area contributed by atoms with E-state index in [9.17, 15) is 26.3 Å². The van der Waals surface area contributed by atoms with E-state index in [4.69, 9.17) is 24.8 Å². The summed E-state index contributed by atoms with van der Waals surface area (Å²) in [5, 5.41) is 18.9. The number of carboxylic acid groups (broad SMARTS) is 2. The van der Waals surface area contributed by atoms with Gasteiger partial charge in [0.25, 0.3) is 0 Å². The SMILES string of the molecule is O=C(O)C(F)(F)F.O=C(O)C(F)(F)F.c1cc2cc(-c3cncc(N4C[C@H]5CNC[C@@H]54)n3)ccc2[nH]1. The number of aliphatic carboxylic acids is 2. The van der Waals surface area contributed by atoms with Crippen molar-refractivity contribution in [1.29, 1.82) is 0 Å². The zero-order chi connectivity index (χ0) is 26.7. The number of aromatic nitrogens is 3. The van der Waals surface area contributed by atoms with Crippen molar-refractivity contribution in [3.8, 4) is 11.3 Å². The van der Waals surface area contributed by atoms with Crippen molar-refractivity contribution in [2.45, 2.75) is 18.4 Å². The smallest absolute Gasteiger partial charge is 0.475 e. The lowest BCUT2D eigenvalue weighted by Crippen LogP contribution is -2.56. The Kier molecular flexibility index (Phi) is 7.71. The van der Waals surface area contributed by atoms with Gasteiger partial charge in [-0.05, 0) is 18.2 Å². The molecule has 36 heavy (non-hydrogen) atoms. The maximum atomic E-state index is 10.6. The molecule has 0 spiro atoms. The lowest BCUT2D eigenvalue weighted by molar-refractivity contribution is -0.193. The first-order valence-corrected chi connectivity index (χ1v) is 10.2. The summed E-state index contributed by atoms with van der Waals surface area (Å²) in [7, 11) is 0. The highest BCUT2D eigenvalue weighted by atomic mass is 19.4. The second kappa shape index (κ2) is 10.4. The van der Waals surface area contributed by atoms with Crippen molar-refractivity contribution in [3.05, 3.63) is 42.9 Å². The van der Waals surface area contributed by atoms with Crippen LogP contribution >= 0.6 is 0 Å². The summed E-state index contributed by atoms with van der Waals surface area (Å²) in [5.41, 5.74) is 3.20. The molecule has 0 amide bonds. The van der Waals surface area contributed by atoms with Crippen LogP contribution in [0.1, 0.15) is 0 Å². The van der Waals surface area contributed by atoms with E-state index in [2.05, 4.69) is 44.5 Å². The Balaban J connectivity index is 0.000000216. The van der Waals surface area contributed by atoms with Crippen LogP contribution in [0.3, 0.4) is 0 Å². The summed E-state index contributed by atoms with van der Waals surface area (Å²) in [6, 6.07) is 9.04. The monoisotopic (exact) mass is 519 g/mol. The first-order chi connectivity index (χ1) is 16.8. The minimum absolute atomic E-state index is 0.594. The number of carboxylic acids is 2. The van der Waals surface area contributed by atoms with Crippen LogP contribution in [0.25, 0.3) is 22.2 Å². The molecule has 194 valence electrons. The van der Waals surface area contributed by atoms with Crippen molar-refractivity contribution in [3.63, 3.8) is 0 Å². The first kappa shape index (κ1) is 26.7. The number of nitrogens with zero attached hydrogens (tertiary/aromatic N) is 3. The Labute approximate surface area is 198 Å². The number of halogens is 6. The standard InChI is InChI=1S/C17H17N5.2C2HF3O2/c1-2-14-12(3-4-20-14)5-11(1)15-7-19-9-17(21-15)22-10-13-6-18-8-16(13)22;2*3-2(4,5)1(6)7/h1-5,7,9,13,16,18,20H,6,8,10H2;2*(H,6,7)/t13-,16+;;/m1../s1. The predicted molar refractivity (Wildman–Crippen MR) is 114 cm³/mol. The molecule has 4 N–H and O–H groups in total. The fourth-order valence-corrected chi connectivity index (χ4v) is 3.63. The van der Waals surface area contributed by atoms with E-state index in [1.54, 1.807) is 0 Å². The minimum atomic E-state index is -5.08. The number of H-pyrrole nitrogens is 1.